The van der Waals surface area contributed by atoms with Crippen molar-refractivity contribution in [2.75, 3.05) is 0 Å². The largest absolute Gasteiger partial charge is 0.443 e. The molecule has 0 saturated heterocycles. The first-order valence-electron chi connectivity index (χ1n) is 5.20. The minimum atomic E-state index is -0.754. The molecule has 4 heteroatoms. The first-order valence-corrected chi connectivity index (χ1v) is 5.20. The first kappa shape index (κ1) is 12.5. The SMILES string of the molecule is CC(C)(Cc1ccccc1CN)OC(N)=O. The van der Waals surface area contributed by atoms with Gasteiger partial charge in [0.15, 0.2) is 0 Å². The molecule has 1 aromatic carbocycles. The number of nitrogens with two attached hydrogens (primary N) is 2. The Morgan fingerprint density at radius 3 is 2.38 bits per heavy atom. The van der Waals surface area contributed by atoms with Crippen LogP contribution in [0.15, 0.2) is 24.3 Å². The molecule has 1 aromatic rings. The first-order chi connectivity index (χ1) is 7.44. The van der Waals surface area contributed by atoms with Gasteiger partial charge in [0.1, 0.15) is 5.60 Å². The molecule has 0 aliphatic rings. The molecule has 1 amide bonds. The zero-order valence-corrected chi connectivity index (χ0v) is 9.69. The number of carbonyl (C=O) groups excluding carboxylic acids is 1. The maximum Gasteiger partial charge on any atom is 0.405 e. The summed E-state index contributed by atoms with van der Waals surface area (Å²) in [5, 5.41) is 0. The van der Waals surface area contributed by atoms with Gasteiger partial charge in [-0.1, -0.05) is 24.3 Å². The van der Waals surface area contributed by atoms with E-state index in [9.17, 15) is 4.79 Å². The van der Waals surface area contributed by atoms with Crippen LogP contribution in [0.5, 0.6) is 0 Å². The van der Waals surface area contributed by atoms with Crippen molar-refractivity contribution >= 4 is 6.09 Å². The van der Waals surface area contributed by atoms with E-state index in [0.29, 0.717) is 13.0 Å². The lowest BCUT2D eigenvalue weighted by Crippen LogP contribution is -2.33. The molecule has 0 radical (unpaired) electrons. The Morgan fingerprint density at radius 2 is 1.88 bits per heavy atom. The number of hydrogen-bond acceptors (Lipinski definition) is 3. The molecule has 4 N–H and O–H groups in total. The molecule has 0 unspecified atom stereocenters. The molecule has 0 bridgehead atoms. The van der Waals surface area contributed by atoms with Crippen LogP contribution in [0.4, 0.5) is 4.79 Å². The number of benzene rings is 1. The highest BCUT2D eigenvalue weighted by atomic mass is 16.6. The fourth-order valence-electron chi connectivity index (χ4n) is 1.70. The second-order valence-electron chi connectivity index (χ2n) is 4.33. The molecule has 0 spiro atoms. The minimum absolute atomic E-state index is 0.475. The van der Waals surface area contributed by atoms with E-state index in [1.54, 1.807) is 0 Å². The fourth-order valence-corrected chi connectivity index (χ4v) is 1.70. The summed E-state index contributed by atoms with van der Waals surface area (Å²) in [6.45, 7) is 4.12. The quantitative estimate of drug-likeness (QED) is 0.811. The topological polar surface area (TPSA) is 78.3 Å². The summed E-state index contributed by atoms with van der Waals surface area (Å²) < 4.78 is 5.04. The van der Waals surface area contributed by atoms with Crippen LogP contribution in [0.25, 0.3) is 0 Å². The fraction of sp³-hybridized carbons (Fsp3) is 0.417. The van der Waals surface area contributed by atoms with Gasteiger partial charge in [0.25, 0.3) is 0 Å². The van der Waals surface area contributed by atoms with Crippen LogP contribution in [0.3, 0.4) is 0 Å². The zero-order chi connectivity index (χ0) is 12.2. The van der Waals surface area contributed by atoms with Gasteiger partial charge in [-0.15, -0.1) is 0 Å². The van der Waals surface area contributed by atoms with Gasteiger partial charge in [-0.05, 0) is 25.0 Å². The third-order valence-corrected chi connectivity index (χ3v) is 2.33. The van der Waals surface area contributed by atoms with E-state index in [1.807, 2.05) is 38.1 Å². The number of rotatable bonds is 4. The van der Waals surface area contributed by atoms with Crippen molar-refractivity contribution in [2.45, 2.75) is 32.4 Å². The summed E-state index contributed by atoms with van der Waals surface area (Å²) in [7, 11) is 0. The van der Waals surface area contributed by atoms with Crippen molar-refractivity contribution in [1.82, 2.24) is 0 Å². The molecule has 0 atom stereocenters. The van der Waals surface area contributed by atoms with Crippen molar-refractivity contribution in [1.29, 1.82) is 0 Å². The standard InChI is InChI=1S/C12H18N2O2/c1-12(2,16-11(14)15)7-9-5-3-4-6-10(9)8-13/h3-6H,7-8,13H2,1-2H3,(H2,14,15). The molecule has 4 nitrogen and oxygen atoms in total. The highest BCUT2D eigenvalue weighted by Crippen LogP contribution is 2.19. The van der Waals surface area contributed by atoms with Gasteiger partial charge in [0.2, 0.25) is 0 Å². The van der Waals surface area contributed by atoms with Crippen LogP contribution in [-0.2, 0) is 17.7 Å². The van der Waals surface area contributed by atoms with Crippen LogP contribution < -0.4 is 11.5 Å². The van der Waals surface area contributed by atoms with Gasteiger partial charge in [-0.3, -0.25) is 0 Å². The maximum absolute atomic E-state index is 10.7. The van der Waals surface area contributed by atoms with Crippen LogP contribution in [0.2, 0.25) is 0 Å². The van der Waals surface area contributed by atoms with Crippen LogP contribution >= 0.6 is 0 Å². The normalized spacial score (nSPS) is 11.2. The van der Waals surface area contributed by atoms with Crippen molar-refractivity contribution in [3.63, 3.8) is 0 Å². The summed E-state index contributed by atoms with van der Waals surface area (Å²) in [4.78, 5) is 10.7. The van der Waals surface area contributed by atoms with E-state index in [-0.39, 0.29) is 0 Å². The van der Waals surface area contributed by atoms with Crippen molar-refractivity contribution in [3.8, 4) is 0 Å². The highest BCUT2D eigenvalue weighted by molar-refractivity contribution is 5.65. The van der Waals surface area contributed by atoms with Gasteiger partial charge < -0.3 is 16.2 Å². The van der Waals surface area contributed by atoms with Gasteiger partial charge in [0.05, 0.1) is 0 Å². The number of amides is 1. The highest BCUT2D eigenvalue weighted by Gasteiger charge is 2.23. The molecule has 0 aliphatic heterocycles. The molecular weight excluding hydrogens is 204 g/mol. The Bertz CT molecular complexity index is 375. The average molecular weight is 222 g/mol. The lowest BCUT2D eigenvalue weighted by molar-refractivity contribution is 0.0459. The smallest absolute Gasteiger partial charge is 0.405 e. The average Bonchev–Trinajstić information content (AvgIpc) is 2.15. The third-order valence-electron chi connectivity index (χ3n) is 2.33. The van der Waals surface area contributed by atoms with Crippen LogP contribution in [0.1, 0.15) is 25.0 Å². The Kier molecular flexibility index (Phi) is 3.90. The molecule has 0 fully saturated rings. The van der Waals surface area contributed by atoms with E-state index in [0.717, 1.165) is 11.1 Å². The Balaban J connectivity index is 2.82. The van der Waals surface area contributed by atoms with Crippen molar-refractivity contribution in [3.05, 3.63) is 35.4 Å². The lowest BCUT2D eigenvalue weighted by atomic mass is 9.94. The Hall–Kier alpha value is -1.55. The second kappa shape index (κ2) is 4.99. The number of hydrogen-bond donors (Lipinski definition) is 2. The number of carbonyl (C=O) groups is 1. The molecule has 0 aromatic heterocycles. The predicted molar refractivity (Wildman–Crippen MR) is 62.8 cm³/mol. The monoisotopic (exact) mass is 222 g/mol. The lowest BCUT2D eigenvalue weighted by Gasteiger charge is -2.25. The van der Waals surface area contributed by atoms with Crippen molar-refractivity contribution < 1.29 is 9.53 Å². The molecule has 0 aliphatic carbocycles. The van der Waals surface area contributed by atoms with Gasteiger partial charge in [-0.2, -0.15) is 0 Å². The zero-order valence-electron chi connectivity index (χ0n) is 9.69. The van der Waals surface area contributed by atoms with Crippen molar-refractivity contribution in [2.24, 2.45) is 11.5 Å². The number of ether oxygens (including phenoxy) is 1. The van der Waals surface area contributed by atoms with Gasteiger partial charge >= 0.3 is 6.09 Å². The Labute approximate surface area is 95.6 Å². The summed E-state index contributed by atoms with van der Waals surface area (Å²) >= 11 is 0. The molecule has 0 heterocycles. The maximum atomic E-state index is 10.7. The summed E-state index contributed by atoms with van der Waals surface area (Å²) in [5.41, 5.74) is 12.2. The van der Waals surface area contributed by atoms with Crippen LogP contribution in [0, 0.1) is 0 Å². The molecule has 88 valence electrons. The van der Waals surface area contributed by atoms with E-state index in [1.165, 1.54) is 0 Å². The second-order valence-corrected chi connectivity index (χ2v) is 4.33. The molecule has 1 rings (SSSR count). The van der Waals surface area contributed by atoms with E-state index in [2.05, 4.69) is 0 Å². The summed E-state index contributed by atoms with van der Waals surface area (Å²) in [5.74, 6) is 0. The molecular formula is C12H18N2O2. The molecule has 16 heavy (non-hydrogen) atoms. The summed E-state index contributed by atoms with van der Waals surface area (Å²) in [6.07, 6.45) is -0.154. The van der Waals surface area contributed by atoms with Gasteiger partial charge in [-0.25, -0.2) is 4.79 Å². The minimum Gasteiger partial charge on any atom is -0.443 e. The van der Waals surface area contributed by atoms with E-state index >= 15 is 0 Å². The third kappa shape index (κ3) is 3.55. The number of primary amides is 1. The van der Waals surface area contributed by atoms with Crippen LogP contribution in [-0.4, -0.2) is 11.7 Å². The van der Waals surface area contributed by atoms with E-state index in [4.69, 9.17) is 16.2 Å². The predicted octanol–water partition coefficient (Wildman–Crippen LogP) is 1.56. The summed E-state index contributed by atoms with van der Waals surface area (Å²) in [6, 6.07) is 7.83. The van der Waals surface area contributed by atoms with Gasteiger partial charge in [0, 0.05) is 13.0 Å². The molecule has 0 saturated carbocycles. The van der Waals surface area contributed by atoms with E-state index < -0.39 is 11.7 Å². The Morgan fingerprint density at radius 1 is 1.31 bits per heavy atom.